The van der Waals surface area contributed by atoms with Gasteiger partial charge in [0.15, 0.2) is 6.61 Å². The molecule has 0 radical (unpaired) electrons. The summed E-state index contributed by atoms with van der Waals surface area (Å²) in [7, 11) is 0. The molecule has 3 atom stereocenters. The van der Waals surface area contributed by atoms with Gasteiger partial charge in [-0.1, -0.05) is 19.1 Å². The van der Waals surface area contributed by atoms with Crippen molar-refractivity contribution in [3.63, 3.8) is 0 Å². The number of anilines is 2. The van der Waals surface area contributed by atoms with Crippen LogP contribution < -0.4 is 10.2 Å². The Balaban J connectivity index is 1.75. The zero-order chi connectivity index (χ0) is 16.6. The summed E-state index contributed by atoms with van der Waals surface area (Å²) in [6.07, 6.45) is 1.03. The molecule has 23 heavy (non-hydrogen) atoms. The summed E-state index contributed by atoms with van der Waals surface area (Å²) >= 11 is 0. The standard InChI is InChI=1S/C17H20N2O4/c1-10-7-12(10)17(22)23-9-16(21)19-11(2)8-15(20)18-13-5-3-4-6-14(13)19/h3-6,10-12H,7-9H2,1-2H3,(H,18,20)/t10-,11-,12-/m0/s1. The van der Waals surface area contributed by atoms with Crippen LogP contribution >= 0.6 is 0 Å². The highest BCUT2D eigenvalue weighted by Crippen LogP contribution is 2.38. The van der Waals surface area contributed by atoms with E-state index in [4.69, 9.17) is 4.74 Å². The number of carbonyl (C=O) groups is 3. The van der Waals surface area contributed by atoms with Gasteiger partial charge in [0.05, 0.1) is 17.3 Å². The van der Waals surface area contributed by atoms with Gasteiger partial charge in [-0.05, 0) is 31.4 Å². The van der Waals surface area contributed by atoms with Gasteiger partial charge >= 0.3 is 5.97 Å². The minimum atomic E-state index is -0.317. The number of hydrogen-bond donors (Lipinski definition) is 1. The number of ether oxygens (including phenoxy) is 1. The predicted octanol–water partition coefficient (Wildman–Crippen LogP) is 1.95. The molecule has 1 saturated carbocycles. The molecule has 2 amide bonds. The largest absolute Gasteiger partial charge is 0.455 e. The summed E-state index contributed by atoms with van der Waals surface area (Å²) in [5.41, 5.74) is 1.23. The molecule has 0 aromatic heterocycles. The van der Waals surface area contributed by atoms with Crippen LogP contribution in [-0.2, 0) is 19.1 Å². The van der Waals surface area contributed by atoms with Crippen molar-refractivity contribution in [2.45, 2.75) is 32.7 Å². The van der Waals surface area contributed by atoms with Crippen molar-refractivity contribution in [3.8, 4) is 0 Å². The third-order valence-electron chi connectivity index (χ3n) is 4.38. The maximum Gasteiger partial charge on any atom is 0.309 e. The summed E-state index contributed by atoms with van der Waals surface area (Å²) in [5, 5.41) is 2.80. The number of rotatable bonds is 3. The van der Waals surface area contributed by atoms with Gasteiger partial charge in [0.2, 0.25) is 5.91 Å². The third kappa shape index (κ3) is 3.21. The normalized spacial score (nSPS) is 25.9. The molecule has 0 bridgehead atoms. The molecule has 1 fully saturated rings. The van der Waals surface area contributed by atoms with Gasteiger partial charge in [-0.2, -0.15) is 0 Å². The first kappa shape index (κ1) is 15.5. The van der Waals surface area contributed by atoms with Crippen LogP contribution in [0.3, 0.4) is 0 Å². The number of para-hydroxylation sites is 2. The Labute approximate surface area is 134 Å². The monoisotopic (exact) mass is 316 g/mol. The number of carbonyl (C=O) groups excluding carboxylic acids is 3. The minimum absolute atomic E-state index is 0.0695. The van der Waals surface area contributed by atoms with Crippen LogP contribution in [0.1, 0.15) is 26.7 Å². The van der Waals surface area contributed by atoms with Crippen molar-refractivity contribution in [1.29, 1.82) is 0 Å². The zero-order valence-electron chi connectivity index (χ0n) is 13.2. The van der Waals surface area contributed by atoms with Crippen LogP contribution in [0.25, 0.3) is 0 Å². The summed E-state index contributed by atoms with van der Waals surface area (Å²) in [5.74, 6) is -0.486. The third-order valence-corrected chi connectivity index (χ3v) is 4.38. The molecule has 1 aromatic rings. The molecule has 1 aromatic carbocycles. The summed E-state index contributed by atoms with van der Waals surface area (Å²) in [6.45, 7) is 3.50. The first-order valence-electron chi connectivity index (χ1n) is 7.85. The van der Waals surface area contributed by atoms with Crippen LogP contribution in [0.5, 0.6) is 0 Å². The lowest BCUT2D eigenvalue weighted by molar-refractivity contribution is -0.149. The number of nitrogens with one attached hydrogen (secondary N) is 1. The first-order valence-corrected chi connectivity index (χ1v) is 7.85. The molecule has 0 saturated heterocycles. The van der Waals surface area contributed by atoms with E-state index in [0.29, 0.717) is 17.3 Å². The summed E-state index contributed by atoms with van der Waals surface area (Å²) < 4.78 is 5.15. The molecule has 1 aliphatic heterocycles. The van der Waals surface area contributed by atoms with Gasteiger partial charge in [0.1, 0.15) is 0 Å². The van der Waals surface area contributed by atoms with E-state index in [1.165, 1.54) is 4.90 Å². The topological polar surface area (TPSA) is 75.7 Å². The number of fused-ring (bicyclic) bond motifs is 1. The molecule has 6 nitrogen and oxygen atoms in total. The molecule has 0 unspecified atom stereocenters. The highest BCUT2D eigenvalue weighted by Gasteiger charge is 2.41. The van der Waals surface area contributed by atoms with Crippen LogP contribution in [0.15, 0.2) is 24.3 Å². The van der Waals surface area contributed by atoms with Crippen molar-refractivity contribution < 1.29 is 19.1 Å². The van der Waals surface area contributed by atoms with Gasteiger partial charge < -0.3 is 15.0 Å². The molecule has 0 spiro atoms. The van der Waals surface area contributed by atoms with E-state index in [2.05, 4.69) is 5.32 Å². The van der Waals surface area contributed by atoms with Crippen LogP contribution in [0.4, 0.5) is 11.4 Å². The fraction of sp³-hybridized carbons (Fsp3) is 0.471. The predicted molar refractivity (Wildman–Crippen MR) is 84.9 cm³/mol. The first-order chi connectivity index (χ1) is 11.0. The molecular weight excluding hydrogens is 296 g/mol. The minimum Gasteiger partial charge on any atom is -0.455 e. The maximum absolute atomic E-state index is 12.6. The second-order valence-corrected chi connectivity index (χ2v) is 6.31. The number of nitrogens with zero attached hydrogens (tertiary/aromatic N) is 1. The number of hydrogen-bond acceptors (Lipinski definition) is 4. The second-order valence-electron chi connectivity index (χ2n) is 6.31. The quantitative estimate of drug-likeness (QED) is 0.865. The molecule has 6 heteroatoms. The van der Waals surface area contributed by atoms with Gasteiger partial charge in [0, 0.05) is 12.5 Å². The van der Waals surface area contributed by atoms with E-state index in [-0.39, 0.29) is 42.8 Å². The van der Waals surface area contributed by atoms with Crippen molar-refractivity contribution in [2.75, 3.05) is 16.8 Å². The van der Waals surface area contributed by atoms with E-state index in [1.807, 2.05) is 13.8 Å². The number of esters is 1. The van der Waals surface area contributed by atoms with E-state index < -0.39 is 0 Å². The Hall–Kier alpha value is -2.37. The highest BCUT2D eigenvalue weighted by atomic mass is 16.5. The van der Waals surface area contributed by atoms with Crippen LogP contribution in [0, 0.1) is 11.8 Å². The summed E-state index contributed by atoms with van der Waals surface area (Å²) in [4.78, 5) is 37.8. The molecule has 3 rings (SSSR count). The smallest absolute Gasteiger partial charge is 0.309 e. The Kier molecular flexibility index (Phi) is 4.07. The van der Waals surface area contributed by atoms with E-state index in [9.17, 15) is 14.4 Å². The SMILES string of the molecule is C[C@H]1C[C@@H]1C(=O)OCC(=O)N1c2ccccc2NC(=O)C[C@@H]1C. The average molecular weight is 316 g/mol. The van der Waals surface area contributed by atoms with E-state index >= 15 is 0 Å². The number of amides is 2. The maximum atomic E-state index is 12.6. The van der Waals surface area contributed by atoms with Gasteiger partial charge in [0.25, 0.3) is 5.91 Å². The highest BCUT2D eigenvalue weighted by molar-refractivity contribution is 6.05. The fourth-order valence-corrected chi connectivity index (χ4v) is 2.93. The fourth-order valence-electron chi connectivity index (χ4n) is 2.93. The van der Waals surface area contributed by atoms with Crippen LogP contribution in [0.2, 0.25) is 0 Å². The molecular formula is C17H20N2O4. The van der Waals surface area contributed by atoms with Gasteiger partial charge in [-0.3, -0.25) is 14.4 Å². The average Bonchev–Trinajstić information content (AvgIpc) is 3.24. The lowest BCUT2D eigenvalue weighted by atomic mass is 10.1. The van der Waals surface area contributed by atoms with Crippen molar-refractivity contribution in [3.05, 3.63) is 24.3 Å². The molecule has 122 valence electrons. The molecule has 1 heterocycles. The van der Waals surface area contributed by atoms with Crippen molar-refractivity contribution in [2.24, 2.45) is 11.8 Å². The second kappa shape index (κ2) is 6.02. The Bertz CT molecular complexity index is 658. The zero-order valence-corrected chi connectivity index (χ0v) is 13.2. The lowest BCUT2D eigenvalue weighted by Crippen LogP contribution is -2.41. The van der Waals surface area contributed by atoms with E-state index in [1.54, 1.807) is 24.3 Å². The van der Waals surface area contributed by atoms with Crippen LogP contribution in [-0.4, -0.2) is 30.4 Å². The number of benzene rings is 1. The molecule has 1 aliphatic carbocycles. The Morgan fingerprint density at radius 2 is 2.00 bits per heavy atom. The van der Waals surface area contributed by atoms with E-state index in [0.717, 1.165) is 6.42 Å². The summed E-state index contributed by atoms with van der Waals surface area (Å²) in [6, 6.07) is 6.83. The van der Waals surface area contributed by atoms with Crippen molar-refractivity contribution >= 4 is 29.2 Å². The van der Waals surface area contributed by atoms with Gasteiger partial charge in [-0.25, -0.2) is 0 Å². The van der Waals surface area contributed by atoms with Gasteiger partial charge in [-0.15, -0.1) is 0 Å². The van der Waals surface area contributed by atoms with Crippen molar-refractivity contribution in [1.82, 2.24) is 0 Å². The Morgan fingerprint density at radius 1 is 1.30 bits per heavy atom. The molecule has 2 aliphatic rings. The lowest BCUT2D eigenvalue weighted by Gasteiger charge is -2.27. The Morgan fingerprint density at radius 3 is 2.70 bits per heavy atom. The molecule has 1 N–H and O–H groups in total.